The van der Waals surface area contributed by atoms with Crippen molar-refractivity contribution in [3.05, 3.63) is 35.1 Å². The Hall–Kier alpha value is -1.46. The third-order valence-electron chi connectivity index (χ3n) is 3.81. The molecule has 0 aliphatic carbocycles. The lowest BCUT2D eigenvalue weighted by atomic mass is 10.1. The third kappa shape index (κ3) is 3.77. The van der Waals surface area contributed by atoms with Crippen LogP contribution in [0.5, 0.6) is 0 Å². The normalized spacial score (nSPS) is 17.6. The van der Waals surface area contributed by atoms with Crippen molar-refractivity contribution in [2.24, 2.45) is 5.73 Å². The summed E-state index contributed by atoms with van der Waals surface area (Å²) in [5.41, 5.74) is 6.77. The zero-order chi connectivity index (χ0) is 14.7. The van der Waals surface area contributed by atoms with Gasteiger partial charge in [-0.3, -0.25) is 15.2 Å². The fourth-order valence-corrected chi connectivity index (χ4v) is 2.59. The Bertz CT molecular complexity index is 479. The summed E-state index contributed by atoms with van der Waals surface area (Å²) in [5, 5.41) is 7.41. The van der Waals surface area contributed by atoms with Gasteiger partial charge in [-0.1, -0.05) is 0 Å². The number of nitrogens with one attached hydrogen (secondary N) is 1. The van der Waals surface area contributed by atoms with Crippen LogP contribution in [0.1, 0.15) is 25.0 Å². The van der Waals surface area contributed by atoms with Crippen LogP contribution in [0.25, 0.3) is 0 Å². The van der Waals surface area contributed by atoms with Gasteiger partial charge in [0.25, 0.3) is 0 Å². The molecular weight excluding hydrogens is 255 g/mol. The van der Waals surface area contributed by atoms with Gasteiger partial charge in [0.05, 0.1) is 0 Å². The highest BCUT2D eigenvalue weighted by molar-refractivity contribution is 5.95. The summed E-state index contributed by atoms with van der Waals surface area (Å²) in [6, 6.07) is 5.22. The Balaban J connectivity index is 1.99. The lowest BCUT2D eigenvalue weighted by Gasteiger charge is -2.37. The van der Waals surface area contributed by atoms with Crippen LogP contribution < -0.4 is 5.73 Å². The van der Waals surface area contributed by atoms with Crippen molar-refractivity contribution in [2.45, 2.75) is 26.4 Å². The second-order valence-electron chi connectivity index (χ2n) is 5.67. The summed E-state index contributed by atoms with van der Waals surface area (Å²) in [5.74, 6) is -0.413. The molecule has 0 saturated carbocycles. The Morgan fingerprint density at radius 2 is 1.90 bits per heavy atom. The van der Waals surface area contributed by atoms with E-state index in [9.17, 15) is 4.39 Å². The molecule has 4 nitrogen and oxygen atoms in total. The van der Waals surface area contributed by atoms with Gasteiger partial charge in [0, 0.05) is 44.3 Å². The van der Waals surface area contributed by atoms with Gasteiger partial charge in [-0.05, 0) is 37.6 Å². The molecule has 1 heterocycles. The molecule has 1 aliphatic heterocycles. The van der Waals surface area contributed by atoms with Gasteiger partial charge in [-0.2, -0.15) is 0 Å². The Morgan fingerprint density at radius 3 is 2.45 bits per heavy atom. The molecule has 2 rings (SSSR count). The molecule has 0 spiro atoms. The molecule has 1 fully saturated rings. The van der Waals surface area contributed by atoms with Crippen LogP contribution in [0.2, 0.25) is 0 Å². The Kier molecular flexibility index (Phi) is 4.73. The summed E-state index contributed by atoms with van der Waals surface area (Å²) < 4.78 is 13.5. The van der Waals surface area contributed by atoms with Crippen molar-refractivity contribution in [1.82, 2.24) is 9.80 Å². The van der Waals surface area contributed by atoms with E-state index in [4.69, 9.17) is 11.1 Å². The molecule has 0 atom stereocenters. The van der Waals surface area contributed by atoms with E-state index in [1.807, 2.05) is 0 Å². The van der Waals surface area contributed by atoms with Crippen molar-refractivity contribution in [1.29, 1.82) is 5.41 Å². The lowest BCUT2D eigenvalue weighted by Crippen LogP contribution is -2.48. The predicted octanol–water partition coefficient (Wildman–Crippen LogP) is 1.64. The fraction of sp³-hybridized carbons (Fsp3) is 0.533. The first-order chi connectivity index (χ1) is 9.45. The minimum absolute atomic E-state index is 0.0876. The van der Waals surface area contributed by atoms with E-state index >= 15 is 0 Å². The van der Waals surface area contributed by atoms with Crippen molar-refractivity contribution in [3.8, 4) is 0 Å². The van der Waals surface area contributed by atoms with Crippen molar-refractivity contribution >= 4 is 5.84 Å². The first-order valence-electron chi connectivity index (χ1n) is 7.06. The molecule has 0 bridgehead atoms. The molecule has 1 aromatic carbocycles. The molecule has 1 aromatic rings. The van der Waals surface area contributed by atoms with E-state index in [-0.39, 0.29) is 11.7 Å². The second kappa shape index (κ2) is 6.33. The monoisotopic (exact) mass is 278 g/mol. The summed E-state index contributed by atoms with van der Waals surface area (Å²) in [6.07, 6.45) is 0. The van der Waals surface area contributed by atoms with E-state index in [0.29, 0.717) is 18.2 Å². The topological polar surface area (TPSA) is 56.4 Å². The maximum Gasteiger partial charge on any atom is 0.124 e. The molecule has 0 unspecified atom stereocenters. The number of nitrogens with zero attached hydrogens (tertiary/aromatic N) is 2. The standard InChI is InChI=1S/C15H23FN4/c1-11(2)20-5-3-19(4-6-20)10-12-7-13(15(17)18)9-14(16)8-12/h7-9,11H,3-6,10H2,1-2H3,(H3,17,18). The minimum atomic E-state index is -0.325. The Labute approximate surface area is 119 Å². The number of piperazine rings is 1. The predicted molar refractivity (Wildman–Crippen MR) is 79.4 cm³/mol. The molecule has 1 aliphatic rings. The number of rotatable bonds is 4. The van der Waals surface area contributed by atoms with E-state index in [2.05, 4.69) is 23.6 Å². The molecular formula is C15H23FN4. The van der Waals surface area contributed by atoms with Crippen LogP contribution in [0.15, 0.2) is 18.2 Å². The highest BCUT2D eigenvalue weighted by Gasteiger charge is 2.19. The maximum atomic E-state index is 13.5. The zero-order valence-electron chi connectivity index (χ0n) is 12.2. The van der Waals surface area contributed by atoms with Crippen molar-refractivity contribution in [2.75, 3.05) is 26.2 Å². The van der Waals surface area contributed by atoms with Gasteiger partial charge in [0.15, 0.2) is 0 Å². The fourth-order valence-electron chi connectivity index (χ4n) is 2.59. The average Bonchev–Trinajstić information content (AvgIpc) is 2.38. The average molecular weight is 278 g/mol. The highest BCUT2D eigenvalue weighted by Crippen LogP contribution is 2.14. The number of hydrogen-bond acceptors (Lipinski definition) is 3. The van der Waals surface area contributed by atoms with Crippen molar-refractivity contribution < 1.29 is 4.39 Å². The highest BCUT2D eigenvalue weighted by atomic mass is 19.1. The van der Waals surface area contributed by atoms with E-state index < -0.39 is 0 Å². The van der Waals surface area contributed by atoms with Crippen molar-refractivity contribution in [3.63, 3.8) is 0 Å². The van der Waals surface area contributed by atoms with Gasteiger partial charge in [0.1, 0.15) is 11.7 Å². The maximum absolute atomic E-state index is 13.5. The number of halogens is 1. The molecule has 0 aromatic heterocycles. The lowest BCUT2D eigenvalue weighted by molar-refractivity contribution is 0.104. The van der Waals surface area contributed by atoms with Crippen LogP contribution in [0.3, 0.4) is 0 Å². The van der Waals surface area contributed by atoms with Crippen LogP contribution in [-0.2, 0) is 6.54 Å². The Morgan fingerprint density at radius 1 is 1.25 bits per heavy atom. The first-order valence-corrected chi connectivity index (χ1v) is 7.06. The zero-order valence-corrected chi connectivity index (χ0v) is 12.2. The molecule has 3 N–H and O–H groups in total. The van der Waals surface area contributed by atoms with Crippen LogP contribution >= 0.6 is 0 Å². The van der Waals surface area contributed by atoms with Gasteiger partial charge in [-0.15, -0.1) is 0 Å². The molecule has 1 saturated heterocycles. The molecule has 0 radical (unpaired) electrons. The van der Waals surface area contributed by atoms with E-state index in [0.717, 1.165) is 31.7 Å². The van der Waals surface area contributed by atoms with E-state index in [1.165, 1.54) is 12.1 Å². The second-order valence-corrected chi connectivity index (χ2v) is 5.67. The molecule has 5 heteroatoms. The number of amidine groups is 1. The SMILES string of the molecule is CC(C)N1CCN(Cc2cc(F)cc(C(=N)N)c2)CC1. The smallest absolute Gasteiger partial charge is 0.124 e. The van der Waals surface area contributed by atoms with Crippen LogP contribution in [0, 0.1) is 11.2 Å². The van der Waals surface area contributed by atoms with Gasteiger partial charge < -0.3 is 5.73 Å². The number of nitrogen functional groups attached to an aromatic ring is 1. The van der Waals surface area contributed by atoms with Crippen LogP contribution in [0.4, 0.5) is 4.39 Å². The molecule has 110 valence electrons. The first kappa shape index (κ1) is 14.9. The summed E-state index contributed by atoms with van der Waals surface area (Å²) in [6.45, 7) is 9.21. The number of nitrogens with two attached hydrogens (primary N) is 1. The van der Waals surface area contributed by atoms with Gasteiger partial charge in [-0.25, -0.2) is 4.39 Å². The number of hydrogen-bond donors (Lipinski definition) is 2. The van der Waals surface area contributed by atoms with Gasteiger partial charge in [0.2, 0.25) is 0 Å². The summed E-state index contributed by atoms with van der Waals surface area (Å²) in [4.78, 5) is 4.76. The quantitative estimate of drug-likeness (QED) is 0.650. The number of benzene rings is 1. The molecule has 0 amide bonds. The summed E-state index contributed by atoms with van der Waals surface area (Å²) in [7, 11) is 0. The third-order valence-corrected chi connectivity index (χ3v) is 3.81. The van der Waals surface area contributed by atoms with Gasteiger partial charge >= 0.3 is 0 Å². The minimum Gasteiger partial charge on any atom is -0.384 e. The van der Waals surface area contributed by atoms with Crippen LogP contribution in [-0.4, -0.2) is 47.9 Å². The molecule has 20 heavy (non-hydrogen) atoms. The summed E-state index contributed by atoms with van der Waals surface area (Å²) >= 11 is 0. The van der Waals surface area contributed by atoms with E-state index in [1.54, 1.807) is 6.07 Å². The largest absolute Gasteiger partial charge is 0.384 e.